The van der Waals surface area contributed by atoms with E-state index in [4.69, 9.17) is 0 Å². The zero-order valence-electron chi connectivity index (χ0n) is 15.3. The zero-order chi connectivity index (χ0) is 19.3. The summed E-state index contributed by atoms with van der Waals surface area (Å²) in [5.41, 5.74) is 1.43. The maximum atomic E-state index is 14.1. The van der Waals surface area contributed by atoms with E-state index >= 15 is 0 Å². The maximum absolute atomic E-state index is 14.1. The van der Waals surface area contributed by atoms with Crippen molar-refractivity contribution in [2.75, 3.05) is 26.2 Å². The Labute approximate surface area is 165 Å². The highest BCUT2D eigenvalue weighted by Crippen LogP contribution is 2.27. The van der Waals surface area contributed by atoms with Crippen LogP contribution in [0.25, 0.3) is 16.2 Å². The average Bonchev–Trinajstić information content (AvgIpc) is 3.45. The molecule has 2 aliphatic heterocycles. The molecular weight excluding hydrogens is 379 g/mol. The predicted molar refractivity (Wildman–Crippen MR) is 105 cm³/mol. The molecule has 1 aromatic carbocycles. The highest BCUT2D eigenvalue weighted by atomic mass is 32.1. The van der Waals surface area contributed by atoms with E-state index in [9.17, 15) is 14.3 Å². The van der Waals surface area contributed by atoms with Crippen LogP contribution in [0.3, 0.4) is 0 Å². The summed E-state index contributed by atoms with van der Waals surface area (Å²) in [7, 11) is 0. The number of halogens is 1. The summed E-state index contributed by atoms with van der Waals surface area (Å²) in [6.07, 6.45) is 3.49. The number of benzene rings is 1. The fourth-order valence-corrected chi connectivity index (χ4v) is 5.11. The van der Waals surface area contributed by atoms with Crippen molar-refractivity contribution in [3.63, 3.8) is 0 Å². The van der Waals surface area contributed by atoms with E-state index < -0.39 is 6.10 Å². The minimum atomic E-state index is -0.520. The highest BCUT2D eigenvalue weighted by molar-refractivity contribution is 7.15. The van der Waals surface area contributed by atoms with Gasteiger partial charge in [0.15, 0.2) is 4.96 Å². The lowest BCUT2D eigenvalue weighted by molar-refractivity contribution is 0.0757. The highest BCUT2D eigenvalue weighted by Gasteiger charge is 2.39. The van der Waals surface area contributed by atoms with Gasteiger partial charge in [0.25, 0.3) is 5.91 Å². The normalized spacial score (nSPS) is 23.1. The standard InChI is InChI=1S/C20H21FN4O2S/c21-14-6-2-1-5-13(14)15-9-25-17(12-28-20(25)22-15)19(27)24-10-16(18(26)11-24)23-7-3-4-8-23/h1-2,5-6,9,12,16,18,26H,3-4,7-8,10-11H2/t16-,18-/m1/s1. The van der Waals surface area contributed by atoms with Gasteiger partial charge in [-0.3, -0.25) is 14.1 Å². The number of hydrogen-bond acceptors (Lipinski definition) is 5. The molecule has 1 amide bonds. The molecule has 1 N–H and O–H groups in total. The second-order valence-corrected chi connectivity index (χ2v) is 8.30. The van der Waals surface area contributed by atoms with Gasteiger partial charge in [-0.05, 0) is 38.1 Å². The second-order valence-electron chi connectivity index (χ2n) is 7.47. The molecule has 6 nitrogen and oxygen atoms in total. The molecule has 2 saturated heterocycles. The van der Waals surface area contributed by atoms with Crippen LogP contribution < -0.4 is 0 Å². The van der Waals surface area contributed by atoms with Crippen LogP contribution >= 0.6 is 11.3 Å². The molecule has 0 saturated carbocycles. The Morgan fingerprint density at radius 1 is 1.21 bits per heavy atom. The number of aliphatic hydroxyl groups is 1. The van der Waals surface area contributed by atoms with E-state index in [0.29, 0.717) is 35.0 Å². The number of amides is 1. The van der Waals surface area contributed by atoms with Crippen molar-refractivity contribution in [2.45, 2.75) is 25.0 Å². The number of thiazole rings is 1. The van der Waals surface area contributed by atoms with Crippen LogP contribution in [0.2, 0.25) is 0 Å². The van der Waals surface area contributed by atoms with Gasteiger partial charge in [0, 0.05) is 30.2 Å². The summed E-state index contributed by atoms with van der Waals surface area (Å²) in [4.78, 5) is 22.3. The van der Waals surface area contributed by atoms with Gasteiger partial charge in [-0.1, -0.05) is 12.1 Å². The van der Waals surface area contributed by atoms with Crippen molar-refractivity contribution in [2.24, 2.45) is 0 Å². The molecule has 0 aliphatic carbocycles. The van der Waals surface area contributed by atoms with Gasteiger partial charge in [0.1, 0.15) is 11.5 Å². The molecule has 2 aromatic heterocycles. The van der Waals surface area contributed by atoms with Gasteiger partial charge in [-0.25, -0.2) is 9.37 Å². The number of aliphatic hydroxyl groups excluding tert-OH is 1. The van der Waals surface area contributed by atoms with Gasteiger partial charge in [-0.2, -0.15) is 0 Å². The molecule has 4 heterocycles. The van der Waals surface area contributed by atoms with Crippen molar-refractivity contribution in [3.05, 3.63) is 47.4 Å². The van der Waals surface area contributed by atoms with E-state index in [-0.39, 0.29) is 17.8 Å². The molecule has 0 radical (unpaired) electrons. The Morgan fingerprint density at radius 2 is 2.00 bits per heavy atom. The first-order valence-corrected chi connectivity index (χ1v) is 10.4. The molecule has 2 aliphatic rings. The first kappa shape index (κ1) is 17.8. The summed E-state index contributed by atoms with van der Waals surface area (Å²) < 4.78 is 15.8. The van der Waals surface area contributed by atoms with E-state index in [1.807, 2.05) is 0 Å². The first-order chi connectivity index (χ1) is 13.6. The molecule has 146 valence electrons. The number of imidazole rings is 1. The minimum absolute atomic E-state index is 0.0114. The fourth-order valence-electron chi connectivity index (χ4n) is 4.27. The number of carbonyl (C=O) groups excluding carboxylic acids is 1. The van der Waals surface area contributed by atoms with E-state index in [1.165, 1.54) is 17.4 Å². The number of nitrogens with zero attached hydrogens (tertiary/aromatic N) is 4. The number of likely N-dealkylation sites (tertiary alicyclic amines) is 2. The lowest BCUT2D eigenvalue weighted by Crippen LogP contribution is -2.41. The van der Waals surface area contributed by atoms with Gasteiger partial charge < -0.3 is 10.0 Å². The zero-order valence-corrected chi connectivity index (χ0v) is 16.1. The topological polar surface area (TPSA) is 61.1 Å². The van der Waals surface area contributed by atoms with Crippen LogP contribution in [0, 0.1) is 5.82 Å². The van der Waals surface area contributed by atoms with Crippen LogP contribution in [-0.2, 0) is 0 Å². The summed E-state index contributed by atoms with van der Waals surface area (Å²) in [6, 6.07) is 6.50. The van der Waals surface area contributed by atoms with Gasteiger partial charge in [0.05, 0.1) is 17.8 Å². The van der Waals surface area contributed by atoms with E-state index in [0.717, 1.165) is 25.9 Å². The van der Waals surface area contributed by atoms with Crippen molar-refractivity contribution in [1.82, 2.24) is 19.2 Å². The molecule has 0 unspecified atom stereocenters. The SMILES string of the molecule is O=C(c1csc2nc(-c3ccccc3F)cn12)N1C[C@@H](O)[C@H](N2CCCC2)C1. The summed E-state index contributed by atoms with van der Waals surface area (Å²) in [5, 5.41) is 12.3. The third-order valence-electron chi connectivity index (χ3n) is 5.73. The van der Waals surface area contributed by atoms with Crippen LogP contribution in [0.5, 0.6) is 0 Å². The third-order valence-corrected chi connectivity index (χ3v) is 6.57. The fraction of sp³-hybridized carbons (Fsp3) is 0.400. The number of aromatic nitrogens is 2. The predicted octanol–water partition coefficient (Wildman–Crippen LogP) is 2.48. The molecule has 8 heteroatoms. The lowest BCUT2D eigenvalue weighted by Gasteiger charge is -2.25. The average molecular weight is 400 g/mol. The summed E-state index contributed by atoms with van der Waals surface area (Å²) in [6.45, 7) is 2.85. The van der Waals surface area contributed by atoms with Gasteiger partial charge in [0.2, 0.25) is 0 Å². The lowest BCUT2D eigenvalue weighted by atomic mass is 10.1. The molecule has 28 heavy (non-hydrogen) atoms. The van der Waals surface area contributed by atoms with E-state index in [1.54, 1.807) is 39.1 Å². The molecular formula is C20H21FN4O2S. The van der Waals surface area contributed by atoms with Crippen LogP contribution in [0.4, 0.5) is 4.39 Å². The third kappa shape index (κ3) is 2.92. The van der Waals surface area contributed by atoms with Crippen molar-refractivity contribution < 1.29 is 14.3 Å². The molecule has 3 aromatic rings. The largest absolute Gasteiger partial charge is 0.390 e. The quantitative estimate of drug-likeness (QED) is 0.734. The number of β-amino-alcohol motifs (C(OH)–C–C–N with tert-alkyl or cyclic N) is 1. The number of hydrogen-bond donors (Lipinski definition) is 1. The Bertz CT molecular complexity index is 1030. The van der Waals surface area contributed by atoms with Gasteiger partial charge >= 0.3 is 0 Å². The summed E-state index contributed by atoms with van der Waals surface area (Å²) >= 11 is 1.36. The molecule has 0 spiro atoms. The first-order valence-electron chi connectivity index (χ1n) is 9.55. The van der Waals surface area contributed by atoms with Crippen molar-refractivity contribution in [3.8, 4) is 11.3 Å². The maximum Gasteiger partial charge on any atom is 0.271 e. The Balaban J connectivity index is 1.42. The Kier molecular flexibility index (Phi) is 4.41. The minimum Gasteiger partial charge on any atom is -0.390 e. The molecule has 2 fully saturated rings. The second kappa shape index (κ2) is 6.95. The smallest absolute Gasteiger partial charge is 0.271 e. The number of fused-ring (bicyclic) bond motifs is 1. The van der Waals surface area contributed by atoms with Crippen molar-refractivity contribution >= 4 is 22.2 Å². The Morgan fingerprint density at radius 3 is 2.79 bits per heavy atom. The van der Waals surface area contributed by atoms with E-state index in [2.05, 4.69) is 9.88 Å². The Hall–Kier alpha value is -2.29. The molecule has 0 bridgehead atoms. The van der Waals surface area contributed by atoms with Gasteiger partial charge in [-0.15, -0.1) is 11.3 Å². The monoisotopic (exact) mass is 400 g/mol. The van der Waals surface area contributed by atoms with Crippen LogP contribution in [0.15, 0.2) is 35.8 Å². The van der Waals surface area contributed by atoms with Crippen LogP contribution in [-0.4, -0.2) is 68.5 Å². The molecule has 2 atom stereocenters. The summed E-state index contributed by atoms with van der Waals surface area (Å²) in [5.74, 6) is -0.457. The number of carbonyl (C=O) groups is 1. The van der Waals surface area contributed by atoms with Crippen LogP contribution in [0.1, 0.15) is 23.3 Å². The van der Waals surface area contributed by atoms with Crippen molar-refractivity contribution in [1.29, 1.82) is 0 Å². The number of rotatable bonds is 3. The molecule has 5 rings (SSSR count).